The zero-order valence-corrected chi connectivity index (χ0v) is 16.8. The Balaban J connectivity index is 2.50. The Hall–Kier alpha value is -0.833. The molecule has 0 bridgehead atoms. The zero-order valence-electron chi connectivity index (χ0n) is 15.8. The molecule has 140 valence electrons. The lowest BCUT2D eigenvalue weighted by molar-refractivity contribution is 0.0704. The lowest BCUT2D eigenvalue weighted by Crippen LogP contribution is -2.46. The first kappa shape index (κ1) is 21.2. The second-order valence-corrected chi connectivity index (χ2v) is 8.45. The van der Waals surface area contributed by atoms with Crippen molar-refractivity contribution < 1.29 is 13.3 Å². The number of tetrazole rings is 1. The van der Waals surface area contributed by atoms with Gasteiger partial charge in [-0.1, -0.05) is 26.2 Å². The summed E-state index contributed by atoms with van der Waals surface area (Å²) >= 11 is 0. The van der Waals surface area contributed by atoms with Gasteiger partial charge >= 0.3 is 8.80 Å². The van der Waals surface area contributed by atoms with Gasteiger partial charge in [0.15, 0.2) is 5.82 Å². The number of unbranched alkanes of at least 4 members (excludes halogenated alkanes) is 3. The van der Waals surface area contributed by atoms with Crippen LogP contribution in [0.3, 0.4) is 0 Å². The number of aryl methyl sites for hydroxylation is 2. The van der Waals surface area contributed by atoms with E-state index in [-0.39, 0.29) is 0 Å². The lowest BCUT2D eigenvalue weighted by Gasteiger charge is -2.28. The molecule has 0 fully saturated rings. The standard InChI is InChI=1S/C16H34N4O3Si/c1-5-9-10-11-13-16-17-18-19-20(16)14-12-15-24(21-6-2,22-7-3)23-8-4/h5-15H2,1-4H3. The van der Waals surface area contributed by atoms with Gasteiger partial charge in [-0.15, -0.1) is 5.10 Å². The first-order valence-corrected chi connectivity index (χ1v) is 11.3. The van der Waals surface area contributed by atoms with Crippen molar-refractivity contribution in [2.45, 2.75) is 78.8 Å². The molecule has 1 aromatic heterocycles. The molecule has 0 aromatic carbocycles. The van der Waals surface area contributed by atoms with Gasteiger partial charge in [-0.05, 0) is 44.0 Å². The topological polar surface area (TPSA) is 71.3 Å². The van der Waals surface area contributed by atoms with E-state index >= 15 is 0 Å². The first-order valence-electron chi connectivity index (χ1n) is 9.38. The van der Waals surface area contributed by atoms with Crippen molar-refractivity contribution in [1.29, 1.82) is 0 Å². The summed E-state index contributed by atoms with van der Waals surface area (Å²) in [5.74, 6) is 0.975. The Morgan fingerprint density at radius 3 is 2.12 bits per heavy atom. The summed E-state index contributed by atoms with van der Waals surface area (Å²) in [6, 6.07) is 0.789. The highest BCUT2D eigenvalue weighted by atomic mass is 28.4. The smallest absolute Gasteiger partial charge is 0.374 e. The summed E-state index contributed by atoms with van der Waals surface area (Å²) in [5.41, 5.74) is 0. The van der Waals surface area contributed by atoms with Crippen LogP contribution in [0.4, 0.5) is 0 Å². The monoisotopic (exact) mass is 358 g/mol. The van der Waals surface area contributed by atoms with Gasteiger partial charge in [0.05, 0.1) is 0 Å². The Bertz CT molecular complexity index is 414. The average Bonchev–Trinajstić information content (AvgIpc) is 3.00. The number of rotatable bonds is 15. The molecule has 0 unspecified atom stereocenters. The third kappa shape index (κ3) is 7.37. The third-order valence-electron chi connectivity index (χ3n) is 3.81. The van der Waals surface area contributed by atoms with Gasteiger partial charge < -0.3 is 13.3 Å². The second-order valence-electron chi connectivity index (χ2n) is 5.71. The fourth-order valence-electron chi connectivity index (χ4n) is 2.73. The minimum Gasteiger partial charge on any atom is -0.374 e. The van der Waals surface area contributed by atoms with Gasteiger partial charge in [-0.25, -0.2) is 4.68 Å². The van der Waals surface area contributed by atoms with Crippen LogP contribution < -0.4 is 0 Å². The molecule has 1 rings (SSSR count). The van der Waals surface area contributed by atoms with Gasteiger partial charge in [0.25, 0.3) is 0 Å². The lowest BCUT2D eigenvalue weighted by atomic mass is 10.1. The van der Waals surface area contributed by atoms with E-state index in [1.54, 1.807) is 0 Å². The molecule has 0 radical (unpaired) electrons. The Kier molecular flexibility index (Phi) is 11.1. The predicted molar refractivity (Wildman–Crippen MR) is 95.7 cm³/mol. The Labute approximate surface area is 147 Å². The van der Waals surface area contributed by atoms with Crippen LogP contribution in [0.1, 0.15) is 65.6 Å². The summed E-state index contributed by atoms with van der Waals surface area (Å²) in [6.45, 7) is 10.8. The molecule has 0 amide bonds. The third-order valence-corrected chi connectivity index (χ3v) is 6.96. The van der Waals surface area contributed by atoms with E-state index in [1.165, 1.54) is 19.3 Å². The van der Waals surface area contributed by atoms with Crippen LogP contribution in [0.2, 0.25) is 6.04 Å². The second kappa shape index (κ2) is 12.5. The maximum absolute atomic E-state index is 5.89. The molecule has 0 saturated heterocycles. The van der Waals surface area contributed by atoms with E-state index in [0.717, 1.165) is 37.7 Å². The Morgan fingerprint density at radius 1 is 0.875 bits per heavy atom. The van der Waals surface area contributed by atoms with Crippen molar-refractivity contribution >= 4 is 8.80 Å². The fourth-order valence-corrected chi connectivity index (χ4v) is 5.33. The van der Waals surface area contributed by atoms with Crippen LogP contribution in [-0.4, -0.2) is 48.8 Å². The van der Waals surface area contributed by atoms with Gasteiger partial charge in [0, 0.05) is 38.8 Å². The highest BCUT2D eigenvalue weighted by Crippen LogP contribution is 2.19. The molecule has 1 aromatic rings. The average molecular weight is 359 g/mol. The van der Waals surface area contributed by atoms with Crippen molar-refractivity contribution in [3.05, 3.63) is 5.82 Å². The van der Waals surface area contributed by atoms with Crippen molar-refractivity contribution in [2.24, 2.45) is 0 Å². The summed E-state index contributed by atoms with van der Waals surface area (Å²) in [6.07, 6.45) is 6.72. The van der Waals surface area contributed by atoms with Crippen molar-refractivity contribution in [3.8, 4) is 0 Å². The maximum atomic E-state index is 5.89. The first-order chi connectivity index (χ1) is 11.7. The van der Waals surface area contributed by atoms with E-state index in [1.807, 2.05) is 25.5 Å². The molecular formula is C16H34N4O3Si. The number of hydrogen-bond donors (Lipinski definition) is 0. The SMILES string of the molecule is CCCCCCc1nnnn1CCC[Si](OCC)(OCC)OCC. The Morgan fingerprint density at radius 2 is 1.54 bits per heavy atom. The molecule has 0 spiro atoms. The van der Waals surface area contributed by atoms with Crippen LogP contribution in [0.15, 0.2) is 0 Å². The van der Waals surface area contributed by atoms with E-state index in [0.29, 0.717) is 19.8 Å². The van der Waals surface area contributed by atoms with Crippen LogP contribution in [0.25, 0.3) is 0 Å². The fraction of sp³-hybridized carbons (Fsp3) is 0.938. The molecule has 0 aliphatic heterocycles. The van der Waals surface area contributed by atoms with Crippen molar-refractivity contribution in [2.75, 3.05) is 19.8 Å². The molecule has 0 N–H and O–H groups in total. The summed E-state index contributed by atoms with van der Waals surface area (Å²) in [5, 5.41) is 12.1. The van der Waals surface area contributed by atoms with Gasteiger partial charge in [0.1, 0.15) is 0 Å². The van der Waals surface area contributed by atoms with Crippen molar-refractivity contribution in [3.63, 3.8) is 0 Å². The summed E-state index contributed by atoms with van der Waals surface area (Å²) in [4.78, 5) is 0. The van der Waals surface area contributed by atoms with E-state index in [4.69, 9.17) is 13.3 Å². The van der Waals surface area contributed by atoms with Crippen LogP contribution in [-0.2, 0) is 26.2 Å². The van der Waals surface area contributed by atoms with Crippen LogP contribution in [0, 0.1) is 0 Å². The van der Waals surface area contributed by atoms with Gasteiger partial charge in [0.2, 0.25) is 0 Å². The molecular weight excluding hydrogens is 324 g/mol. The molecule has 0 aliphatic carbocycles. The summed E-state index contributed by atoms with van der Waals surface area (Å²) < 4.78 is 19.6. The van der Waals surface area contributed by atoms with Crippen molar-refractivity contribution in [1.82, 2.24) is 20.2 Å². The van der Waals surface area contributed by atoms with Crippen LogP contribution in [0.5, 0.6) is 0 Å². The molecule has 0 atom stereocenters. The molecule has 7 nitrogen and oxygen atoms in total. The van der Waals surface area contributed by atoms with Gasteiger partial charge in [-0.3, -0.25) is 0 Å². The van der Waals surface area contributed by atoms with Gasteiger partial charge in [-0.2, -0.15) is 0 Å². The highest BCUT2D eigenvalue weighted by molar-refractivity contribution is 6.60. The number of hydrogen-bond acceptors (Lipinski definition) is 6. The molecule has 1 heterocycles. The van der Waals surface area contributed by atoms with Crippen LogP contribution >= 0.6 is 0 Å². The van der Waals surface area contributed by atoms with E-state index < -0.39 is 8.80 Å². The maximum Gasteiger partial charge on any atom is 0.500 e. The quantitative estimate of drug-likeness (QED) is 0.354. The summed E-state index contributed by atoms with van der Waals surface area (Å²) in [7, 11) is -2.56. The molecule has 0 saturated carbocycles. The molecule has 24 heavy (non-hydrogen) atoms. The normalized spacial score (nSPS) is 12.0. The van der Waals surface area contributed by atoms with E-state index in [2.05, 4.69) is 22.4 Å². The minimum atomic E-state index is -2.56. The molecule has 0 aliphatic rings. The largest absolute Gasteiger partial charge is 0.500 e. The molecule has 8 heteroatoms. The zero-order chi connectivity index (χ0) is 17.7. The number of nitrogens with zero attached hydrogens (tertiary/aromatic N) is 4. The van der Waals surface area contributed by atoms with E-state index in [9.17, 15) is 0 Å². The highest BCUT2D eigenvalue weighted by Gasteiger charge is 2.39. The minimum absolute atomic E-state index is 0.611. The predicted octanol–water partition coefficient (Wildman–Crippen LogP) is 3.23. The number of aromatic nitrogens is 4.